The molecule has 0 spiro atoms. The van der Waals surface area contributed by atoms with Gasteiger partial charge in [0.15, 0.2) is 17.5 Å². The summed E-state index contributed by atoms with van der Waals surface area (Å²) in [6.07, 6.45) is 0.900. The van der Waals surface area contributed by atoms with Gasteiger partial charge < -0.3 is 24.8 Å². The lowest BCUT2D eigenvalue weighted by Crippen LogP contribution is -2.30. The molecule has 1 rings (SSSR count). The molecular formula is C17H30IN3O3. The molecule has 0 aliphatic carbocycles. The number of ether oxygens (including phenoxy) is 3. The van der Waals surface area contributed by atoms with Crippen LogP contribution in [0.2, 0.25) is 0 Å². The van der Waals surface area contributed by atoms with Crippen molar-refractivity contribution >= 4 is 35.6 Å². The average Bonchev–Trinajstić information content (AvgIpc) is 2.56. The molecule has 0 aromatic heterocycles. The summed E-state index contributed by atoms with van der Waals surface area (Å²) >= 11 is 0. The summed E-state index contributed by atoms with van der Waals surface area (Å²) in [6.45, 7) is 9.57. The van der Waals surface area contributed by atoms with Crippen molar-refractivity contribution in [2.75, 3.05) is 45.3 Å². The second kappa shape index (κ2) is 14.2. The number of methoxy groups -OCH3 is 1. The number of anilines is 1. The molecule has 7 heteroatoms. The minimum absolute atomic E-state index is 0. The first-order chi connectivity index (χ1) is 11.2. The van der Waals surface area contributed by atoms with E-state index in [4.69, 9.17) is 14.2 Å². The van der Waals surface area contributed by atoms with Gasteiger partial charge in [0.2, 0.25) is 0 Å². The van der Waals surface area contributed by atoms with Gasteiger partial charge in [-0.05, 0) is 39.3 Å². The topological polar surface area (TPSA) is 64.1 Å². The quantitative estimate of drug-likeness (QED) is 0.247. The molecule has 0 amide bonds. The van der Waals surface area contributed by atoms with Crippen LogP contribution in [-0.4, -0.2) is 46.0 Å². The Morgan fingerprint density at radius 1 is 1.12 bits per heavy atom. The molecule has 24 heavy (non-hydrogen) atoms. The van der Waals surface area contributed by atoms with Gasteiger partial charge in [-0.1, -0.05) is 0 Å². The van der Waals surface area contributed by atoms with Gasteiger partial charge in [-0.2, -0.15) is 0 Å². The summed E-state index contributed by atoms with van der Waals surface area (Å²) < 4.78 is 16.2. The van der Waals surface area contributed by atoms with E-state index in [0.29, 0.717) is 18.9 Å². The lowest BCUT2D eigenvalue weighted by atomic mass is 10.2. The standard InChI is InChI=1S/C17H29N3O3.HI/c1-5-18-17(19-11-8-12-22-6-2)20-14-9-10-15(23-7-3)16(13-14)21-4;/h9-10,13H,5-8,11-12H2,1-4H3,(H2,18,19,20);1H. The summed E-state index contributed by atoms with van der Waals surface area (Å²) in [5.41, 5.74) is 0.898. The van der Waals surface area contributed by atoms with Crippen LogP contribution >= 0.6 is 24.0 Å². The van der Waals surface area contributed by atoms with E-state index < -0.39 is 0 Å². The van der Waals surface area contributed by atoms with E-state index in [2.05, 4.69) is 15.6 Å². The Bertz CT molecular complexity index is 484. The maximum atomic E-state index is 5.53. The monoisotopic (exact) mass is 451 g/mol. The second-order valence-corrected chi connectivity index (χ2v) is 4.73. The molecule has 0 saturated heterocycles. The zero-order valence-corrected chi connectivity index (χ0v) is 17.4. The highest BCUT2D eigenvalue weighted by Gasteiger charge is 2.06. The molecule has 0 unspecified atom stereocenters. The molecule has 138 valence electrons. The predicted molar refractivity (Wildman–Crippen MR) is 110 cm³/mol. The summed E-state index contributed by atoms with van der Waals surface area (Å²) in [4.78, 5) is 4.54. The molecule has 1 aromatic rings. The Morgan fingerprint density at radius 2 is 1.92 bits per heavy atom. The molecule has 0 bridgehead atoms. The van der Waals surface area contributed by atoms with Crippen LogP contribution in [0.25, 0.3) is 0 Å². The number of nitrogens with one attached hydrogen (secondary N) is 2. The number of guanidine groups is 1. The SMILES string of the molecule is CCNC(=NCCCOCC)Nc1ccc(OCC)c(OC)c1.I. The van der Waals surface area contributed by atoms with Crippen molar-refractivity contribution in [2.24, 2.45) is 4.99 Å². The maximum Gasteiger partial charge on any atom is 0.195 e. The molecule has 2 N–H and O–H groups in total. The van der Waals surface area contributed by atoms with Crippen molar-refractivity contribution in [1.29, 1.82) is 0 Å². The van der Waals surface area contributed by atoms with Crippen molar-refractivity contribution in [1.82, 2.24) is 5.32 Å². The smallest absolute Gasteiger partial charge is 0.195 e. The van der Waals surface area contributed by atoms with Gasteiger partial charge >= 0.3 is 0 Å². The molecule has 6 nitrogen and oxygen atoms in total. The van der Waals surface area contributed by atoms with Crippen LogP contribution in [0.1, 0.15) is 27.2 Å². The molecule has 0 atom stereocenters. The van der Waals surface area contributed by atoms with E-state index in [9.17, 15) is 0 Å². The highest BCUT2D eigenvalue weighted by atomic mass is 127. The van der Waals surface area contributed by atoms with E-state index in [1.807, 2.05) is 39.0 Å². The molecule has 0 fully saturated rings. The lowest BCUT2D eigenvalue weighted by molar-refractivity contribution is 0.146. The Kier molecular flexibility index (Phi) is 13.4. The van der Waals surface area contributed by atoms with Gasteiger partial charge in [0.25, 0.3) is 0 Å². The zero-order valence-electron chi connectivity index (χ0n) is 15.1. The number of nitrogens with zero attached hydrogens (tertiary/aromatic N) is 1. The van der Waals surface area contributed by atoms with Crippen molar-refractivity contribution in [3.05, 3.63) is 18.2 Å². The molecule has 0 aliphatic heterocycles. The van der Waals surface area contributed by atoms with E-state index in [1.54, 1.807) is 7.11 Å². The molecule has 0 radical (unpaired) electrons. The summed E-state index contributed by atoms with van der Waals surface area (Å²) in [6, 6.07) is 5.74. The van der Waals surface area contributed by atoms with Crippen molar-refractivity contribution in [3.8, 4) is 11.5 Å². The van der Waals surface area contributed by atoms with Crippen LogP contribution in [-0.2, 0) is 4.74 Å². The summed E-state index contributed by atoms with van der Waals surface area (Å²) in [7, 11) is 1.63. The number of hydrogen-bond acceptors (Lipinski definition) is 4. The Labute approximate surface area is 162 Å². The van der Waals surface area contributed by atoms with Crippen LogP contribution in [0, 0.1) is 0 Å². The second-order valence-electron chi connectivity index (χ2n) is 4.73. The average molecular weight is 451 g/mol. The molecule has 0 saturated carbocycles. The van der Waals surface area contributed by atoms with Gasteiger partial charge in [-0.15, -0.1) is 24.0 Å². The highest BCUT2D eigenvalue weighted by molar-refractivity contribution is 14.0. The molecule has 1 aromatic carbocycles. The highest BCUT2D eigenvalue weighted by Crippen LogP contribution is 2.30. The number of halogens is 1. The first kappa shape index (κ1) is 22.8. The molecule has 0 aliphatic rings. The van der Waals surface area contributed by atoms with Gasteiger partial charge in [-0.3, -0.25) is 4.99 Å². The third-order valence-electron chi connectivity index (χ3n) is 2.99. The lowest BCUT2D eigenvalue weighted by Gasteiger charge is -2.14. The molecule has 0 heterocycles. The maximum absolute atomic E-state index is 5.53. The Morgan fingerprint density at radius 3 is 2.54 bits per heavy atom. The van der Waals surface area contributed by atoms with Crippen LogP contribution in [0.3, 0.4) is 0 Å². The summed E-state index contributed by atoms with van der Waals surface area (Å²) in [5.74, 6) is 2.18. The van der Waals surface area contributed by atoms with Crippen LogP contribution in [0.5, 0.6) is 11.5 Å². The van der Waals surface area contributed by atoms with E-state index in [-0.39, 0.29) is 24.0 Å². The minimum atomic E-state index is 0. The predicted octanol–water partition coefficient (Wildman–Crippen LogP) is 3.52. The van der Waals surface area contributed by atoms with Crippen molar-refractivity contribution < 1.29 is 14.2 Å². The number of hydrogen-bond donors (Lipinski definition) is 2. The fourth-order valence-corrected chi connectivity index (χ4v) is 1.97. The first-order valence-corrected chi connectivity index (χ1v) is 8.19. The largest absolute Gasteiger partial charge is 0.493 e. The Balaban J connectivity index is 0.00000529. The van der Waals surface area contributed by atoms with Crippen LogP contribution < -0.4 is 20.1 Å². The van der Waals surface area contributed by atoms with E-state index >= 15 is 0 Å². The third kappa shape index (κ3) is 8.58. The minimum Gasteiger partial charge on any atom is -0.493 e. The first-order valence-electron chi connectivity index (χ1n) is 8.19. The molecular weight excluding hydrogens is 421 g/mol. The van der Waals surface area contributed by atoms with Crippen molar-refractivity contribution in [2.45, 2.75) is 27.2 Å². The van der Waals surface area contributed by atoms with Crippen LogP contribution in [0.4, 0.5) is 5.69 Å². The fraction of sp³-hybridized carbons (Fsp3) is 0.588. The zero-order chi connectivity index (χ0) is 16.9. The number of benzene rings is 1. The number of rotatable bonds is 10. The van der Waals surface area contributed by atoms with Crippen molar-refractivity contribution in [3.63, 3.8) is 0 Å². The normalized spacial score (nSPS) is 10.8. The van der Waals surface area contributed by atoms with Gasteiger partial charge in [0, 0.05) is 38.1 Å². The van der Waals surface area contributed by atoms with E-state index in [0.717, 1.165) is 43.6 Å². The van der Waals surface area contributed by atoms with E-state index in [1.165, 1.54) is 0 Å². The third-order valence-corrected chi connectivity index (χ3v) is 2.99. The Hall–Kier alpha value is -1.22. The van der Waals surface area contributed by atoms with Gasteiger partial charge in [-0.25, -0.2) is 0 Å². The number of aliphatic imine (C=N–C) groups is 1. The summed E-state index contributed by atoms with van der Waals surface area (Å²) in [5, 5.41) is 6.50. The van der Waals surface area contributed by atoms with Gasteiger partial charge in [0.05, 0.1) is 13.7 Å². The van der Waals surface area contributed by atoms with Gasteiger partial charge in [0.1, 0.15) is 0 Å². The van der Waals surface area contributed by atoms with Crippen LogP contribution in [0.15, 0.2) is 23.2 Å². The fourth-order valence-electron chi connectivity index (χ4n) is 1.97.